The predicted octanol–water partition coefficient (Wildman–Crippen LogP) is 2.66. The van der Waals surface area contributed by atoms with Crippen LogP contribution in [-0.2, 0) is 4.79 Å². The topological polar surface area (TPSA) is 69.6 Å². The maximum Gasteiger partial charge on any atom is 0.328 e. The van der Waals surface area contributed by atoms with Crippen molar-refractivity contribution < 1.29 is 14.7 Å². The highest BCUT2D eigenvalue weighted by Crippen LogP contribution is 2.13. The van der Waals surface area contributed by atoms with Crippen molar-refractivity contribution in [3.05, 3.63) is 35.9 Å². The van der Waals surface area contributed by atoms with Crippen LogP contribution in [0.4, 0.5) is 10.5 Å². The molecule has 0 radical (unpaired) electrons. The van der Waals surface area contributed by atoms with Crippen molar-refractivity contribution >= 4 is 23.8 Å². The highest BCUT2D eigenvalue weighted by Gasteiger charge is 2.11. The van der Waals surface area contributed by atoms with E-state index in [0.717, 1.165) is 6.08 Å². The number of hydrogen-bond donors (Lipinski definition) is 2. The van der Waals surface area contributed by atoms with Crippen LogP contribution in [0.15, 0.2) is 30.3 Å². The minimum Gasteiger partial charge on any atom is -0.478 e. The second-order valence-electron chi connectivity index (χ2n) is 4.43. The van der Waals surface area contributed by atoms with Gasteiger partial charge < -0.3 is 15.3 Å². The van der Waals surface area contributed by atoms with Gasteiger partial charge in [-0.2, -0.15) is 0 Å². The van der Waals surface area contributed by atoms with E-state index >= 15 is 0 Å². The summed E-state index contributed by atoms with van der Waals surface area (Å²) in [7, 11) is 1.72. The zero-order chi connectivity index (χ0) is 14.4. The van der Waals surface area contributed by atoms with Crippen molar-refractivity contribution in [3.8, 4) is 0 Å². The third-order valence-electron chi connectivity index (χ3n) is 2.65. The van der Waals surface area contributed by atoms with Crippen LogP contribution in [0.25, 0.3) is 6.08 Å². The molecule has 0 saturated heterocycles. The Labute approximate surface area is 112 Å². The molecule has 2 N–H and O–H groups in total. The van der Waals surface area contributed by atoms with E-state index in [-0.39, 0.29) is 12.1 Å². The van der Waals surface area contributed by atoms with Crippen molar-refractivity contribution in [1.82, 2.24) is 4.90 Å². The van der Waals surface area contributed by atoms with E-state index < -0.39 is 5.97 Å². The molecule has 5 heteroatoms. The first-order chi connectivity index (χ1) is 8.90. The Hall–Kier alpha value is -2.30. The summed E-state index contributed by atoms with van der Waals surface area (Å²) in [5.41, 5.74) is 1.34. The normalized spacial score (nSPS) is 10.7. The summed E-state index contributed by atoms with van der Waals surface area (Å²) in [6, 6.07) is 6.90. The molecule has 1 rings (SSSR count). The molecule has 0 unspecified atom stereocenters. The SMILES string of the molecule is CC(C)N(C)C(=O)Nc1cccc(/C=C/C(=O)O)c1. The number of carboxylic acid groups (broad SMARTS) is 1. The molecule has 0 aliphatic rings. The standard InChI is InChI=1S/C14H18N2O3/c1-10(2)16(3)14(19)15-12-6-4-5-11(9-12)7-8-13(17)18/h4-10H,1-3H3,(H,15,19)(H,17,18)/b8-7+. The number of carboxylic acids is 1. The molecule has 1 aromatic rings. The lowest BCUT2D eigenvalue weighted by atomic mass is 10.2. The largest absolute Gasteiger partial charge is 0.478 e. The third kappa shape index (κ3) is 4.83. The minimum atomic E-state index is -1.01. The van der Waals surface area contributed by atoms with Gasteiger partial charge in [0.25, 0.3) is 0 Å². The van der Waals surface area contributed by atoms with Crippen LogP contribution in [0.2, 0.25) is 0 Å². The summed E-state index contributed by atoms with van der Waals surface area (Å²) >= 11 is 0. The van der Waals surface area contributed by atoms with Crippen molar-refractivity contribution in [1.29, 1.82) is 0 Å². The smallest absolute Gasteiger partial charge is 0.328 e. The van der Waals surface area contributed by atoms with Crippen LogP contribution in [0.1, 0.15) is 19.4 Å². The fourth-order valence-corrected chi connectivity index (χ4v) is 1.33. The van der Waals surface area contributed by atoms with E-state index in [1.165, 1.54) is 6.08 Å². The number of rotatable bonds is 4. The molecule has 0 atom stereocenters. The van der Waals surface area contributed by atoms with E-state index in [1.807, 2.05) is 13.8 Å². The van der Waals surface area contributed by atoms with Crippen molar-refractivity contribution in [2.45, 2.75) is 19.9 Å². The van der Waals surface area contributed by atoms with Gasteiger partial charge in [0.15, 0.2) is 0 Å². The number of anilines is 1. The Kier molecular flexibility index (Phi) is 5.11. The minimum absolute atomic E-state index is 0.107. The first-order valence-corrected chi connectivity index (χ1v) is 5.95. The van der Waals surface area contributed by atoms with Crippen LogP contribution in [0, 0.1) is 0 Å². The van der Waals surface area contributed by atoms with Gasteiger partial charge in [-0.15, -0.1) is 0 Å². The molecule has 0 bridgehead atoms. The molecule has 102 valence electrons. The van der Waals surface area contributed by atoms with E-state index in [1.54, 1.807) is 36.2 Å². The summed E-state index contributed by atoms with van der Waals surface area (Å²) in [6.07, 6.45) is 2.53. The maximum absolute atomic E-state index is 11.8. The van der Waals surface area contributed by atoms with E-state index in [0.29, 0.717) is 11.3 Å². The zero-order valence-corrected chi connectivity index (χ0v) is 11.3. The number of nitrogens with zero attached hydrogens (tertiary/aromatic N) is 1. The first kappa shape index (κ1) is 14.8. The summed E-state index contributed by atoms with van der Waals surface area (Å²) in [4.78, 5) is 23.9. The number of nitrogens with one attached hydrogen (secondary N) is 1. The van der Waals surface area contributed by atoms with Crippen molar-refractivity contribution in [2.75, 3.05) is 12.4 Å². The Balaban J connectivity index is 2.77. The average Bonchev–Trinajstić information content (AvgIpc) is 2.35. The van der Waals surface area contributed by atoms with Crippen molar-refractivity contribution in [3.63, 3.8) is 0 Å². The third-order valence-corrected chi connectivity index (χ3v) is 2.65. The molecule has 19 heavy (non-hydrogen) atoms. The molecule has 0 aliphatic carbocycles. The highest BCUT2D eigenvalue weighted by molar-refractivity contribution is 5.90. The molecular weight excluding hydrogens is 244 g/mol. The van der Waals surface area contributed by atoms with E-state index in [9.17, 15) is 9.59 Å². The quantitative estimate of drug-likeness (QED) is 0.819. The monoisotopic (exact) mass is 262 g/mol. The lowest BCUT2D eigenvalue weighted by Gasteiger charge is -2.21. The number of urea groups is 1. The lowest BCUT2D eigenvalue weighted by molar-refractivity contribution is -0.131. The van der Waals surface area contributed by atoms with Crippen LogP contribution in [0.5, 0.6) is 0 Å². The highest BCUT2D eigenvalue weighted by atomic mass is 16.4. The number of aliphatic carboxylic acids is 1. The Morgan fingerprint density at radius 2 is 2.05 bits per heavy atom. The molecule has 2 amide bonds. The number of hydrogen-bond acceptors (Lipinski definition) is 2. The summed E-state index contributed by atoms with van der Waals surface area (Å²) < 4.78 is 0. The van der Waals surface area contributed by atoms with E-state index in [2.05, 4.69) is 5.32 Å². The van der Waals surface area contributed by atoms with Gasteiger partial charge in [-0.25, -0.2) is 9.59 Å². The molecule has 0 aromatic heterocycles. The van der Waals surface area contributed by atoms with Gasteiger partial charge in [-0.3, -0.25) is 0 Å². The molecule has 0 spiro atoms. The summed E-state index contributed by atoms with van der Waals surface area (Å²) in [5, 5.41) is 11.3. The van der Waals surface area contributed by atoms with Gasteiger partial charge in [-0.05, 0) is 37.6 Å². The van der Waals surface area contributed by atoms with Gasteiger partial charge in [0.1, 0.15) is 0 Å². The van der Waals surface area contributed by atoms with Crippen LogP contribution < -0.4 is 5.32 Å². The van der Waals surface area contributed by atoms with Crippen LogP contribution in [0.3, 0.4) is 0 Å². The second kappa shape index (κ2) is 6.58. The molecule has 1 aromatic carbocycles. The van der Waals surface area contributed by atoms with E-state index in [4.69, 9.17) is 5.11 Å². The molecule has 0 fully saturated rings. The van der Waals surface area contributed by atoms with Gasteiger partial charge in [0, 0.05) is 24.9 Å². The fraction of sp³-hybridized carbons (Fsp3) is 0.286. The average molecular weight is 262 g/mol. The molecule has 0 saturated carbocycles. The second-order valence-corrected chi connectivity index (χ2v) is 4.43. The van der Waals surface area contributed by atoms with Gasteiger partial charge in [0.05, 0.1) is 0 Å². The molecular formula is C14H18N2O3. The summed E-state index contributed by atoms with van der Waals surface area (Å²) in [6.45, 7) is 3.84. The first-order valence-electron chi connectivity index (χ1n) is 5.95. The Morgan fingerprint density at radius 3 is 2.63 bits per heavy atom. The zero-order valence-electron chi connectivity index (χ0n) is 11.3. The number of benzene rings is 1. The van der Waals surface area contributed by atoms with Crippen LogP contribution >= 0.6 is 0 Å². The fourth-order valence-electron chi connectivity index (χ4n) is 1.33. The number of carbonyl (C=O) groups excluding carboxylic acids is 1. The van der Waals surface area contributed by atoms with Gasteiger partial charge >= 0.3 is 12.0 Å². The summed E-state index contributed by atoms with van der Waals surface area (Å²) in [5.74, 6) is -1.01. The van der Waals surface area contributed by atoms with Crippen molar-refractivity contribution in [2.24, 2.45) is 0 Å². The maximum atomic E-state index is 11.8. The Bertz CT molecular complexity index is 495. The van der Waals surface area contributed by atoms with Gasteiger partial charge in [-0.1, -0.05) is 12.1 Å². The number of amides is 2. The van der Waals surface area contributed by atoms with Crippen LogP contribution in [-0.4, -0.2) is 35.1 Å². The van der Waals surface area contributed by atoms with Gasteiger partial charge in [0.2, 0.25) is 0 Å². The molecule has 0 heterocycles. The molecule has 5 nitrogen and oxygen atoms in total. The predicted molar refractivity (Wildman–Crippen MR) is 75.0 cm³/mol. The lowest BCUT2D eigenvalue weighted by Crippen LogP contribution is -2.36. The number of carbonyl (C=O) groups is 2. The Morgan fingerprint density at radius 1 is 1.37 bits per heavy atom. The molecule has 0 aliphatic heterocycles.